The van der Waals surface area contributed by atoms with Crippen LogP contribution in [0.1, 0.15) is 22.8 Å². The highest BCUT2D eigenvalue weighted by Crippen LogP contribution is 2.30. The van der Waals surface area contributed by atoms with Crippen molar-refractivity contribution in [3.8, 4) is 0 Å². The maximum atomic E-state index is 10.4. The SMILES string of the molecule is COCc1ccccc1C(O)c1ccccc1Cl. The molecule has 0 heterocycles. The Morgan fingerprint density at radius 3 is 2.33 bits per heavy atom. The summed E-state index contributed by atoms with van der Waals surface area (Å²) in [5, 5.41) is 11.0. The lowest BCUT2D eigenvalue weighted by atomic mass is 9.97. The van der Waals surface area contributed by atoms with Gasteiger partial charge < -0.3 is 9.84 Å². The molecule has 0 fully saturated rings. The van der Waals surface area contributed by atoms with Gasteiger partial charge in [-0.25, -0.2) is 0 Å². The van der Waals surface area contributed by atoms with Crippen LogP contribution in [0.3, 0.4) is 0 Å². The van der Waals surface area contributed by atoms with E-state index in [-0.39, 0.29) is 0 Å². The quantitative estimate of drug-likeness (QED) is 0.913. The molecule has 94 valence electrons. The Bertz CT molecular complexity index is 525. The number of benzene rings is 2. The zero-order valence-electron chi connectivity index (χ0n) is 10.1. The van der Waals surface area contributed by atoms with Crippen molar-refractivity contribution in [1.82, 2.24) is 0 Å². The molecule has 0 aliphatic carbocycles. The fraction of sp³-hybridized carbons (Fsp3) is 0.200. The molecule has 0 aromatic heterocycles. The van der Waals surface area contributed by atoms with Gasteiger partial charge in [-0.05, 0) is 17.2 Å². The predicted octanol–water partition coefficient (Wildman–Crippen LogP) is 3.57. The van der Waals surface area contributed by atoms with Crippen molar-refractivity contribution in [2.75, 3.05) is 7.11 Å². The van der Waals surface area contributed by atoms with Gasteiger partial charge in [0.15, 0.2) is 0 Å². The van der Waals surface area contributed by atoms with Crippen LogP contribution in [0.15, 0.2) is 48.5 Å². The molecule has 0 saturated heterocycles. The second-order valence-electron chi connectivity index (χ2n) is 4.06. The highest BCUT2D eigenvalue weighted by Gasteiger charge is 2.16. The minimum Gasteiger partial charge on any atom is -0.384 e. The molecule has 0 amide bonds. The summed E-state index contributed by atoms with van der Waals surface area (Å²) < 4.78 is 5.14. The van der Waals surface area contributed by atoms with Gasteiger partial charge in [0, 0.05) is 17.7 Å². The standard InChI is InChI=1S/C15H15ClO2/c1-18-10-11-6-2-3-7-12(11)15(17)13-8-4-5-9-14(13)16/h2-9,15,17H,10H2,1H3. The molecular weight excluding hydrogens is 248 g/mol. The maximum absolute atomic E-state index is 10.4. The van der Waals surface area contributed by atoms with Gasteiger partial charge in [-0.1, -0.05) is 54.1 Å². The van der Waals surface area contributed by atoms with Crippen LogP contribution in [0.2, 0.25) is 5.02 Å². The molecule has 0 spiro atoms. The number of ether oxygens (including phenoxy) is 1. The summed E-state index contributed by atoms with van der Waals surface area (Å²) in [5.74, 6) is 0. The summed E-state index contributed by atoms with van der Waals surface area (Å²) in [7, 11) is 1.64. The summed E-state index contributed by atoms with van der Waals surface area (Å²) in [6, 6.07) is 15.0. The number of rotatable bonds is 4. The van der Waals surface area contributed by atoms with E-state index in [1.54, 1.807) is 13.2 Å². The Morgan fingerprint density at radius 2 is 1.67 bits per heavy atom. The van der Waals surface area contributed by atoms with Crippen molar-refractivity contribution in [3.63, 3.8) is 0 Å². The van der Waals surface area contributed by atoms with E-state index in [0.29, 0.717) is 17.2 Å². The van der Waals surface area contributed by atoms with Gasteiger partial charge in [-0.3, -0.25) is 0 Å². The predicted molar refractivity (Wildman–Crippen MR) is 72.7 cm³/mol. The third-order valence-electron chi connectivity index (χ3n) is 2.85. The minimum atomic E-state index is -0.731. The van der Waals surface area contributed by atoms with Crippen LogP contribution in [0.5, 0.6) is 0 Å². The van der Waals surface area contributed by atoms with Crippen molar-refractivity contribution in [3.05, 3.63) is 70.2 Å². The zero-order chi connectivity index (χ0) is 13.0. The smallest absolute Gasteiger partial charge is 0.106 e. The van der Waals surface area contributed by atoms with Crippen molar-refractivity contribution < 1.29 is 9.84 Å². The Balaban J connectivity index is 2.40. The van der Waals surface area contributed by atoms with Gasteiger partial charge in [0.25, 0.3) is 0 Å². The van der Waals surface area contributed by atoms with Gasteiger partial charge in [0.1, 0.15) is 6.10 Å². The van der Waals surface area contributed by atoms with Gasteiger partial charge in [0.2, 0.25) is 0 Å². The highest BCUT2D eigenvalue weighted by molar-refractivity contribution is 6.31. The lowest BCUT2D eigenvalue weighted by Crippen LogP contribution is -2.05. The Hall–Kier alpha value is -1.35. The molecule has 0 aliphatic rings. The van der Waals surface area contributed by atoms with E-state index >= 15 is 0 Å². The van der Waals surface area contributed by atoms with Crippen LogP contribution in [0.4, 0.5) is 0 Å². The summed E-state index contributed by atoms with van der Waals surface area (Å²) in [4.78, 5) is 0. The second-order valence-corrected chi connectivity index (χ2v) is 4.46. The number of hydrogen-bond acceptors (Lipinski definition) is 2. The summed E-state index contributed by atoms with van der Waals surface area (Å²) in [5.41, 5.74) is 2.50. The fourth-order valence-corrected chi connectivity index (χ4v) is 2.19. The van der Waals surface area contributed by atoms with Crippen molar-refractivity contribution >= 4 is 11.6 Å². The van der Waals surface area contributed by atoms with Crippen molar-refractivity contribution in [2.45, 2.75) is 12.7 Å². The molecule has 2 rings (SSSR count). The van der Waals surface area contributed by atoms with Gasteiger partial charge >= 0.3 is 0 Å². The molecule has 3 heteroatoms. The molecule has 2 aromatic carbocycles. The summed E-state index contributed by atoms with van der Waals surface area (Å²) in [6.45, 7) is 0.470. The lowest BCUT2D eigenvalue weighted by Gasteiger charge is -2.16. The van der Waals surface area contributed by atoms with E-state index in [2.05, 4.69) is 0 Å². The first-order valence-electron chi connectivity index (χ1n) is 5.73. The lowest BCUT2D eigenvalue weighted by molar-refractivity contribution is 0.176. The van der Waals surface area contributed by atoms with Gasteiger partial charge in [-0.2, -0.15) is 0 Å². The molecular formula is C15H15ClO2. The average Bonchev–Trinajstić information content (AvgIpc) is 2.40. The largest absolute Gasteiger partial charge is 0.384 e. The Kier molecular flexibility index (Phi) is 4.37. The van der Waals surface area contributed by atoms with E-state index < -0.39 is 6.10 Å². The fourth-order valence-electron chi connectivity index (χ4n) is 1.95. The third-order valence-corrected chi connectivity index (χ3v) is 3.19. The van der Waals surface area contributed by atoms with Crippen LogP contribution in [0.25, 0.3) is 0 Å². The van der Waals surface area contributed by atoms with Gasteiger partial charge in [0.05, 0.1) is 6.61 Å². The second kappa shape index (κ2) is 6.01. The Labute approximate surface area is 112 Å². The van der Waals surface area contributed by atoms with Crippen molar-refractivity contribution in [1.29, 1.82) is 0 Å². The molecule has 2 aromatic rings. The molecule has 1 atom stereocenters. The van der Waals surface area contributed by atoms with Crippen LogP contribution in [0, 0.1) is 0 Å². The van der Waals surface area contributed by atoms with E-state index in [0.717, 1.165) is 11.1 Å². The number of methoxy groups -OCH3 is 1. The monoisotopic (exact) mass is 262 g/mol. The molecule has 2 nitrogen and oxygen atoms in total. The number of aliphatic hydroxyl groups is 1. The molecule has 0 radical (unpaired) electrons. The van der Waals surface area contributed by atoms with Crippen LogP contribution in [-0.4, -0.2) is 12.2 Å². The zero-order valence-corrected chi connectivity index (χ0v) is 10.9. The molecule has 0 aliphatic heterocycles. The van der Waals surface area contributed by atoms with Crippen molar-refractivity contribution in [2.24, 2.45) is 0 Å². The first kappa shape index (κ1) is 13.1. The topological polar surface area (TPSA) is 29.5 Å². The third kappa shape index (κ3) is 2.72. The normalized spacial score (nSPS) is 12.4. The summed E-state index contributed by atoms with van der Waals surface area (Å²) >= 11 is 6.11. The van der Waals surface area contributed by atoms with E-state index in [4.69, 9.17) is 16.3 Å². The van der Waals surface area contributed by atoms with Gasteiger partial charge in [-0.15, -0.1) is 0 Å². The van der Waals surface area contributed by atoms with E-state index in [1.807, 2.05) is 42.5 Å². The number of halogens is 1. The van der Waals surface area contributed by atoms with Crippen LogP contribution >= 0.6 is 11.6 Å². The van der Waals surface area contributed by atoms with E-state index in [9.17, 15) is 5.11 Å². The van der Waals surface area contributed by atoms with Crippen LogP contribution in [-0.2, 0) is 11.3 Å². The highest BCUT2D eigenvalue weighted by atomic mass is 35.5. The maximum Gasteiger partial charge on any atom is 0.106 e. The molecule has 18 heavy (non-hydrogen) atoms. The van der Waals surface area contributed by atoms with E-state index in [1.165, 1.54) is 0 Å². The molecule has 1 N–H and O–H groups in total. The number of hydrogen-bond donors (Lipinski definition) is 1. The molecule has 0 bridgehead atoms. The average molecular weight is 263 g/mol. The first-order chi connectivity index (χ1) is 8.74. The first-order valence-corrected chi connectivity index (χ1v) is 6.11. The summed E-state index contributed by atoms with van der Waals surface area (Å²) in [6.07, 6.45) is -0.731. The molecule has 1 unspecified atom stereocenters. The minimum absolute atomic E-state index is 0.470. The molecule has 0 saturated carbocycles. The van der Waals surface area contributed by atoms with Crippen LogP contribution < -0.4 is 0 Å². The Morgan fingerprint density at radius 1 is 1.06 bits per heavy atom. The number of aliphatic hydroxyl groups excluding tert-OH is 1.